The molecular formula is C3H6F6N2O4S2. The third kappa shape index (κ3) is 13.3. The highest BCUT2D eigenvalue weighted by atomic mass is 32.3. The zero-order valence-electron chi connectivity index (χ0n) is 7.49. The lowest BCUT2D eigenvalue weighted by Gasteiger charge is -2.09. The molecule has 0 bridgehead atoms. The van der Waals surface area contributed by atoms with E-state index in [4.69, 9.17) is 0 Å². The third-order valence-corrected chi connectivity index (χ3v) is 2.35. The van der Waals surface area contributed by atoms with Crippen molar-refractivity contribution in [3.63, 3.8) is 0 Å². The summed E-state index contributed by atoms with van der Waals surface area (Å²) in [5, 5.41) is 4.21. The molecule has 17 heavy (non-hydrogen) atoms. The van der Waals surface area contributed by atoms with E-state index in [0.29, 0.717) is 0 Å². The summed E-state index contributed by atoms with van der Waals surface area (Å²) in [6, 6.07) is 0. The molecule has 0 aliphatic rings. The van der Waals surface area contributed by atoms with Crippen molar-refractivity contribution in [3.8, 4) is 0 Å². The molecule has 0 spiro atoms. The molecule has 0 fully saturated rings. The van der Waals surface area contributed by atoms with Crippen molar-refractivity contribution in [1.82, 2.24) is 4.13 Å². The van der Waals surface area contributed by atoms with Crippen LogP contribution in [0, 0.1) is 0 Å². The van der Waals surface area contributed by atoms with Crippen LogP contribution in [0.5, 0.6) is 0 Å². The van der Waals surface area contributed by atoms with Gasteiger partial charge in [0.2, 0.25) is 10.9 Å². The molecule has 3 N–H and O–H groups in total. The molecule has 0 heterocycles. The smallest absolute Gasteiger partial charge is 0.231 e. The Bertz CT molecular complexity index is 381. The van der Waals surface area contributed by atoms with Crippen LogP contribution in [0.2, 0.25) is 0 Å². The molecule has 106 valence electrons. The fourth-order valence-electron chi connectivity index (χ4n) is 0.247. The predicted octanol–water partition coefficient (Wildman–Crippen LogP) is -0.542. The average Bonchev–Trinajstić information content (AvgIpc) is 1.96. The van der Waals surface area contributed by atoms with E-state index in [1.165, 1.54) is 0 Å². The van der Waals surface area contributed by atoms with Crippen LogP contribution < -0.4 is 9.27 Å². The molecule has 14 heteroatoms. The van der Waals surface area contributed by atoms with E-state index in [9.17, 15) is 43.2 Å². The van der Waals surface area contributed by atoms with E-state index in [2.05, 4.69) is 5.14 Å². The number of hydrogen-bond acceptors (Lipinski definition) is 4. The first-order chi connectivity index (χ1) is 7.27. The third-order valence-electron chi connectivity index (χ3n) is 0.736. The number of rotatable bonds is 3. The van der Waals surface area contributed by atoms with E-state index in [0.717, 1.165) is 4.13 Å². The lowest BCUT2D eigenvalue weighted by molar-refractivity contribution is -0.211. The van der Waals surface area contributed by atoms with Crippen LogP contribution in [-0.2, 0) is 21.1 Å². The Labute approximate surface area is 93.0 Å². The fourth-order valence-corrected chi connectivity index (χ4v) is 1.08. The van der Waals surface area contributed by atoms with Crippen molar-refractivity contribution < 1.29 is 43.2 Å². The van der Waals surface area contributed by atoms with E-state index >= 15 is 0 Å². The van der Waals surface area contributed by atoms with Gasteiger partial charge in [-0.25, -0.2) is 26.7 Å². The second-order valence-electron chi connectivity index (χ2n) is 2.17. The second kappa shape index (κ2) is 6.97. The summed E-state index contributed by atoms with van der Waals surface area (Å²) < 4.78 is 105. The Morgan fingerprint density at radius 3 is 1.47 bits per heavy atom. The molecular weight excluding hydrogens is 306 g/mol. The average molecular weight is 312 g/mol. The van der Waals surface area contributed by atoms with Gasteiger partial charge in [-0.3, -0.25) is 0 Å². The fraction of sp³-hybridized carbons (Fsp3) is 1.00. The van der Waals surface area contributed by atoms with Crippen molar-refractivity contribution in [2.45, 2.75) is 18.8 Å². The van der Waals surface area contributed by atoms with Gasteiger partial charge < -0.3 is 0 Å². The Balaban J connectivity index is 0. The normalized spacial score (nSPS) is 14.4. The molecule has 0 radical (unpaired) electrons. The van der Waals surface area contributed by atoms with Crippen molar-refractivity contribution in [2.24, 2.45) is 5.14 Å². The van der Waals surface area contributed by atoms with E-state index in [1.807, 2.05) is 0 Å². The lowest BCUT2D eigenvalue weighted by atomic mass is 10.4. The van der Waals surface area contributed by atoms with Gasteiger partial charge >= 0.3 is 6.18 Å². The molecule has 1 unspecified atom stereocenters. The first kappa shape index (κ1) is 18.8. The first-order valence-electron chi connectivity index (χ1n) is 3.21. The maximum atomic E-state index is 11.2. The summed E-state index contributed by atoms with van der Waals surface area (Å²) in [4.78, 5) is 0. The van der Waals surface area contributed by atoms with Crippen LogP contribution in [0.25, 0.3) is 0 Å². The largest absolute Gasteiger partial charge is 0.425 e. The standard InChI is InChI=1S/C3H2F6.H4N2O4S2/c4-1(2(5)6)3(7,8)9;1-8(5,6)2-7(3)4/h1-2H;7H,(H2,1,5,6)(H,2,3,4). The van der Waals surface area contributed by atoms with Crippen molar-refractivity contribution in [2.75, 3.05) is 0 Å². The number of alkyl halides is 6. The summed E-state index contributed by atoms with van der Waals surface area (Å²) in [5.74, 6) is 0. The Morgan fingerprint density at radius 1 is 1.12 bits per heavy atom. The maximum Gasteiger partial charge on any atom is 0.425 e. The molecule has 0 aliphatic heterocycles. The number of hydrogen-bond donors (Lipinski definition) is 3. The second-order valence-corrected chi connectivity index (χ2v) is 4.51. The summed E-state index contributed by atoms with van der Waals surface area (Å²) in [6.07, 6.45) is -13.4. The Kier molecular flexibility index (Phi) is 7.69. The van der Waals surface area contributed by atoms with E-state index in [1.54, 1.807) is 0 Å². The SMILES string of the molecule is FC(F)C(F)C(F)(F)F.NS(=O)(=O)N[SH](=O)=O. The zero-order chi connectivity index (χ0) is 14.4. The molecule has 0 saturated heterocycles. The van der Waals surface area contributed by atoms with Crippen LogP contribution in [0.1, 0.15) is 0 Å². The molecule has 0 aromatic rings. The Morgan fingerprint density at radius 2 is 1.47 bits per heavy atom. The Hall–Kier alpha value is -0.600. The number of halogens is 6. The number of nitrogens with two attached hydrogens (primary N) is 1. The van der Waals surface area contributed by atoms with Crippen molar-refractivity contribution in [3.05, 3.63) is 0 Å². The van der Waals surface area contributed by atoms with Gasteiger partial charge in [-0.1, -0.05) is 4.13 Å². The number of nitrogens with one attached hydrogen (secondary N) is 1. The van der Waals surface area contributed by atoms with Crippen LogP contribution in [0.3, 0.4) is 0 Å². The molecule has 0 saturated carbocycles. The minimum absolute atomic E-state index is 1.09. The summed E-state index contributed by atoms with van der Waals surface area (Å²) in [7, 11) is -7.22. The van der Waals surface area contributed by atoms with Gasteiger partial charge in [0.25, 0.3) is 22.8 Å². The van der Waals surface area contributed by atoms with Crippen LogP contribution >= 0.6 is 0 Å². The highest BCUT2D eigenvalue weighted by Gasteiger charge is 2.46. The highest BCUT2D eigenvalue weighted by molar-refractivity contribution is 7.96. The van der Waals surface area contributed by atoms with Crippen molar-refractivity contribution in [1.29, 1.82) is 0 Å². The summed E-state index contributed by atoms with van der Waals surface area (Å²) >= 11 is 0. The minimum atomic E-state index is -5.44. The molecule has 0 aromatic carbocycles. The van der Waals surface area contributed by atoms with Crippen LogP contribution in [-0.4, -0.2) is 35.6 Å². The van der Waals surface area contributed by atoms with E-state index in [-0.39, 0.29) is 0 Å². The molecule has 0 amide bonds. The molecule has 0 aromatic heterocycles. The lowest BCUT2D eigenvalue weighted by Crippen LogP contribution is -2.30. The molecule has 0 rings (SSSR count). The van der Waals surface area contributed by atoms with Gasteiger partial charge in [0, 0.05) is 0 Å². The molecule has 6 nitrogen and oxygen atoms in total. The van der Waals surface area contributed by atoms with E-state index < -0.39 is 39.9 Å². The van der Waals surface area contributed by atoms with Gasteiger partial charge in [-0.05, 0) is 0 Å². The van der Waals surface area contributed by atoms with Gasteiger partial charge in [0.05, 0.1) is 0 Å². The van der Waals surface area contributed by atoms with Crippen LogP contribution in [0.4, 0.5) is 26.3 Å². The topological polar surface area (TPSA) is 106 Å². The monoisotopic (exact) mass is 312 g/mol. The highest BCUT2D eigenvalue weighted by Crippen LogP contribution is 2.27. The predicted molar refractivity (Wildman–Crippen MR) is 43.5 cm³/mol. The number of thiol groups is 1. The van der Waals surface area contributed by atoms with Gasteiger partial charge in [-0.15, -0.1) is 0 Å². The minimum Gasteiger partial charge on any atom is -0.231 e. The quantitative estimate of drug-likeness (QED) is 0.480. The maximum absolute atomic E-state index is 11.2. The van der Waals surface area contributed by atoms with Gasteiger partial charge in [0.15, 0.2) is 0 Å². The van der Waals surface area contributed by atoms with Crippen LogP contribution in [0.15, 0.2) is 0 Å². The zero-order valence-corrected chi connectivity index (χ0v) is 9.20. The van der Waals surface area contributed by atoms with Gasteiger partial charge in [-0.2, -0.15) is 21.6 Å². The molecule has 1 atom stereocenters. The summed E-state index contributed by atoms with van der Waals surface area (Å²) in [5.41, 5.74) is 0. The molecule has 0 aliphatic carbocycles. The van der Waals surface area contributed by atoms with Crippen molar-refractivity contribution >= 4 is 21.1 Å². The first-order valence-corrected chi connectivity index (χ1v) is 5.93. The van der Waals surface area contributed by atoms with Gasteiger partial charge in [0.1, 0.15) is 0 Å². The summed E-state index contributed by atoms with van der Waals surface area (Å²) in [6.45, 7) is 0.